The number of ether oxygens (including phenoxy) is 1. The maximum atomic E-state index is 12.3. The number of hydrogen-bond acceptors (Lipinski definition) is 4. The van der Waals surface area contributed by atoms with Gasteiger partial charge in [0.1, 0.15) is 0 Å². The van der Waals surface area contributed by atoms with Crippen molar-refractivity contribution in [2.75, 3.05) is 20.3 Å². The number of amides is 1. The van der Waals surface area contributed by atoms with E-state index in [0.29, 0.717) is 18.7 Å². The normalized spacial score (nSPS) is 18.3. The molecular formula is C20H26BNO4. The second kappa shape index (κ2) is 7.03. The van der Waals surface area contributed by atoms with Gasteiger partial charge in [-0.1, -0.05) is 24.3 Å². The summed E-state index contributed by atoms with van der Waals surface area (Å²) in [6.45, 7) is 9.15. The van der Waals surface area contributed by atoms with Crippen LogP contribution in [0.1, 0.15) is 38.1 Å². The van der Waals surface area contributed by atoms with Gasteiger partial charge in [-0.3, -0.25) is 4.79 Å². The molecule has 1 aliphatic rings. The third-order valence-electron chi connectivity index (χ3n) is 5.28. The number of benzene rings is 2. The van der Waals surface area contributed by atoms with Crippen LogP contribution in [0.2, 0.25) is 0 Å². The van der Waals surface area contributed by atoms with E-state index in [1.165, 1.54) is 0 Å². The van der Waals surface area contributed by atoms with Crippen LogP contribution in [0.4, 0.5) is 0 Å². The highest BCUT2D eigenvalue weighted by Crippen LogP contribution is 2.37. The van der Waals surface area contributed by atoms with Crippen LogP contribution in [0.15, 0.2) is 36.4 Å². The van der Waals surface area contributed by atoms with E-state index in [2.05, 4.69) is 5.32 Å². The lowest BCUT2D eigenvalue weighted by Crippen LogP contribution is -2.41. The molecule has 1 aliphatic heterocycles. The zero-order chi connectivity index (χ0) is 18.9. The second-order valence-corrected chi connectivity index (χ2v) is 7.62. The van der Waals surface area contributed by atoms with Crippen LogP contribution < -0.4 is 10.8 Å². The van der Waals surface area contributed by atoms with Crippen LogP contribution in [-0.4, -0.2) is 44.5 Å². The molecule has 0 saturated carbocycles. The summed E-state index contributed by atoms with van der Waals surface area (Å²) < 4.78 is 17.3. The fourth-order valence-electron chi connectivity index (χ4n) is 2.99. The Kier molecular flexibility index (Phi) is 5.10. The average Bonchev–Trinajstić information content (AvgIpc) is 2.81. The highest BCUT2D eigenvalue weighted by Gasteiger charge is 2.52. The lowest BCUT2D eigenvalue weighted by molar-refractivity contribution is 0.00578. The highest BCUT2D eigenvalue weighted by atomic mass is 16.7. The Hall–Kier alpha value is -1.89. The van der Waals surface area contributed by atoms with E-state index in [1.807, 2.05) is 64.1 Å². The molecule has 6 heteroatoms. The first-order valence-corrected chi connectivity index (χ1v) is 8.90. The molecule has 0 bridgehead atoms. The summed E-state index contributed by atoms with van der Waals surface area (Å²) in [4.78, 5) is 12.3. The van der Waals surface area contributed by atoms with Gasteiger partial charge >= 0.3 is 7.12 Å². The van der Waals surface area contributed by atoms with Crippen molar-refractivity contribution in [2.24, 2.45) is 0 Å². The van der Waals surface area contributed by atoms with Crippen LogP contribution in [0.25, 0.3) is 10.8 Å². The molecule has 0 aliphatic carbocycles. The number of fused-ring (bicyclic) bond motifs is 1. The molecule has 2 aromatic rings. The molecule has 1 heterocycles. The highest BCUT2D eigenvalue weighted by molar-refractivity contribution is 6.65. The van der Waals surface area contributed by atoms with Gasteiger partial charge in [0.15, 0.2) is 0 Å². The van der Waals surface area contributed by atoms with Crippen LogP contribution in [0.3, 0.4) is 0 Å². The van der Waals surface area contributed by atoms with Crippen molar-refractivity contribution >= 4 is 29.3 Å². The average molecular weight is 355 g/mol. The van der Waals surface area contributed by atoms with E-state index in [4.69, 9.17) is 14.0 Å². The van der Waals surface area contributed by atoms with Crippen molar-refractivity contribution in [3.05, 3.63) is 42.0 Å². The Balaban J connectivity index is 1.89. The monoisotopic (exact) mass is 355 g/mol. The Labute approximate surface area is 155 Å². The standard InChI is InChI=1S/C20H26BNO4/c1-19(2)20(3,4)26-21(25-19)17-8-6-7-14-13-15(9-10-16(14)17)18(23)22-11-12-24-5/h6-10,13H,11-12H2,1-5H3,(H,22,23). The van der Waals surface area contributed by atoms with Crippen molar-refractivity contribution in [1.29, 1.82) is 0 Å². The molecule has 3 rings (SSSR count). The lowest BCUT2D eigenvalue weighted by Gasteiger charge is -2.32. The topological polar surface area (TPSA) is 56.8 Å². The minimum atomic E-state index is -0.426. The van der Waals surface area contributed by atoms with E-state index in [9.17, 15) is 4.79 Å². The van der Waals surface area contributed by atoms with Crippen molar-refractivity contribution in [3.63, 3.8) is 0 Å². The first-order chi connectivity index (χ1) is 12.2. The van der Waals surface area contributed by atoms with E-state index in [0.717, 1.165) is 16.2 Å². The van der Waals surface area contributed by atoms with Gasteiger partial charge < -0.3 is 19.4 Å². The van der Waals surface area contributed by atoms with E-state index >= 15 is 0 Å². The van der Waals surface area contributed by atoms with Gasteiger partial charge in [0, 0.05) is 19.2 Å². The van der Waals surface area contributed by atoms with Crippen molar-refractivity contribution in [3.8, 4) is 0 Å². The Morgan fingerprint density at radius 2 is 1.81 bits per heavy atom. The fraction of sp³-hybridized carbons (Fsp3) is 0.450. The molecule has 1 fully saturated rings. The summed E-state index contributed by atoms with van der Waals surface area (Å²) >= 11 is 0. The molecule has 0 spiro atoms. The number of carbonyl (C=O) groups excluding carboxylic acids is 1. The molecule has 0 radical (unpaired) electrons. The first-order valence-electron chi connectivity index (χ1n) is 8.90. The molecule has 1 saturated heterocycles. The summed E-state index contributed by atoms with van der Waals surface area (Å²) in [5.41, 5.74) is 0.828. The van der Waals surface area contributed by atoms with Crippen LogP contribution in [0, 0.1) is 0 Å². The summed E-state index contributed by atoms with van der Waals surface area (Å²) in [6.07, 6.45) is 0. The number of methoxy groups -OCH3 is 1. The van der Waals surface area contributed by atoms with Gasteiger partial charge in [0.25, 0.3) is 5.91 Å². The van der Waals surface area contributed by atoms with Gasteiger partial charge in [0.2, 0.25) is 0 Å². The number of carbonyl (C=O) groups is 1. The summed E-state index contributed by atoms with van der Waals surface area (Å²) in [5.74, 6) is -0.106. The third kappa shape index (κ3) is 3.49. The van der Waals surface area contributed by atoms with Crippen LogP contribution in [0.5, 0.6) is 0 Å². The van der Waals surface area contributed by atoms with Gasteiger partial charge in [-0.25, -0.2) is 0 Å². The molecule has 0 atom stereocenters. The fourth-order valence-corrected chi connectivity index (χ4v) is 2.99. The van der Waals surface area contributed by atoms with Gasteiger partial charge in [0.05, 0.1) is 17.8 Å². The molecule has 5 nitrogen and oxygen atoms in total. The maximum Gasteiger partial charge on any atom is 0.495 e. The Bertz CT molecular complexity index is 803. The van der Waals surface area contributed by atoms with Gasteiger partial charge in [-0.15, -0.1) is 0 Å². The lowest BCUT2D eigenvalue weighted by atomic mass is 9.76. The van der Waals surface area contributed by atoms with E-state index in [1.54, 1.807) is 7.11 Å². The molecule has 1 N–H and O–H groups in total. The number of rotatable bonds is 5. The van der Waals surface area contributed by atoms with Crippen molar-refractivity contribution in [1.82, 2.24) is 5.32 Å². The quantitative estimate of drug-likeness (QED) is 0.662. The maximum absolute atomic E-state index is 12.3. The van der Waals surface area contributed by atoms with Crippen LogP contribution >= 0.6 is 0 Å². The zero-order valence-electron chi connectivity index (χ0n) is 16.1. The molecule has 26 heavy (non-hydrogen) atoms. The largest absolute Gasteiger partial charge is 0.495 e. The minimum Gasteiger partial charge on any atom is -0.399 e. The second-order valence-electron chi connectivity index (χ2n) is 7.62. The molecule has 1 amide bonds. The molecule has 0 aromatic heterocycles. The predicted molar refractivity (Wildman–Crippen MR) is 104 cm³/mol. The molecular weight excluding hydrogens is 329 g/mol. The minimum absolute atomic E-state index is 0.106. The van der Waals surface area contributed by atoms with Gasteiger partial charge in [-0.2, -0.15) is 0 Å². The third-order valence-corrected chi connectivity index (χ3v) is 5.28. The molecule has 138 valence electrons. The molecule has 0 unspecified atom stereocenters. The summed E-state index contributed by atoms with van der Waals surface area (Å²) in [5, 5.41) is 4.85. The van der Waals surface area contributed by atoms with Crippen molar-refractivity contribution in [2.45, 2.75) is 38.9 Å². The Morgan fingerprint density at radius 3 is 2.46 bits per heavy atom. The van der Waals surface area contributed by atoms with Crippen molar-refractivity contribution < 1.29 is 18.8 Å². The zero-order valence-corrected chi connectivity index (χ0v) is 16.1. The summed E-state index contributed by atoms with van der Waals surface area (Å²) in [6, 6.07) is 11.7. The first kappa shape index (κ1) is 18.9. The van der Waals surface area contributed by atoms with E-state index in [-0.39, 0.29) is 17.1 Å². The van der Waals surface area contributed by atoms with Gasteiger partial charge in [-0.05, 0) is 56.1 Å². The number of nitrogens with one attached hydrogen (secondary N) is 1. The van der Waals surface area contributed by atoms with Crippen LogP contribution in [-0.2, 0) is 14.0 Å². The SMILES string of the molecule is COCCNC(=O)c1ccc2c(B3OC(C)(C)C(C)(C)O3)cccc2c1. The summed E-state index contributed by atoms with van der Waals surface area (Å²) in [7, 11) is 1.18. The smallest absolute Gasteiger partial charge is 0.399 e. The van der Waals surface area contributed by atoms with E-state index < -0.39 is 7.12 Å². The predicted octanol–water partition coefficient (Wildman–Crippen LogP) is 2.52. The Morgan fingerprint density at radius 1 is 1.12 bits per heavy atom. The molecule has 2 aromatic carbocycles. The number of hydrogen-bond donors (Lipinski definition) is 1.